The van der Waals surface area contributed by atoms with Gasteiger partial charge in [0.1, 0.15) is 24.4 Å². The quantitative estimate of drug-likeness (QED) is 0.744. The number of ether oxygens (including phenoxy) is 4. The fourth-order valence-electron chi connectivity index (χ4n) is 3.06. The van der Waals surface area contributed by atoms with Crippen LogP contribution >= 0.6 is 0 Å². The Morgan fingerprint density at radius 1 is 0.880 bits per heavy atom. The molecule has 0 aromatic heterocycles. The summed E-state index contributed by atoms with van der Waals surface area (Å²) >= 11 is 0. The highest BCUT2D eigenvalue weighted by atomic mass is 28.4. The number of hydrogen-bond acceptors (Lipinski definition) is 6. The Kier molecular flexibility index (Phi) is 5.83. The van der Waals surface area contributed by atoms with Gasteiger partial charge in [0.2, 0.25) is 0 Å². The first-order valence-electron chi connectivity index (χ1n) is 9.13. The number of aliphatic hydroxyl groups excluding tert-OH is 1. The van der Waals surface area contributed by atoms with E-state index in [0.29, 0.717) is 6.61 Å². The first kappa shape index (κ1) is 21.3. The normalized spacial score (nSPS) is 35.3. The van der Waals surface area contributed by atoms with Gasteiger partial charge in [0, 0.05) is 0 Å². The van der Waals surface area contributed by atoms with Crippen molar-refractivity contribution in [2.75, 3.05) is 13.2 Å². The molecular weight excluding hydrogens is 340 g/mol. The summed E-state index contributed by atoms with van der Waals surface area (Å²) in [5.41, 5.74) is 0. The van der Waals surface area contributed by atoms with Crippen LogP contribution in [0.25, 0.3) is 0 Å². The van der Waals surface area contributed by atoms with Gasteiger partial charge in [0.05, 0.1) is 13.2 Å². The second-order valence-electron chi connectivity index (χ2n) is 9.53. The molecule has 0 unspecified atom stereocenters. The van der Waals surface area contributed by atoms with Crippen LogP contribution in [0, 0.1) is 0 Å². The molecule has 2 rings (SSSR count). The lowest BCUT2D eigenvalue weighted by atomic mass is 10.0. The van der Waals surface area contributed by atoms with E-state index in [2.05, 4.69) is 33.9 Å². The Balaban J connectivity index is 2.13. The standard InChI is InChI=1S/C18H36O6Si/c1-16(2,3)25(8,9)20-11-13-15(24-18(6,7)22-13)14-12(10-19)21-17(4,5)23-14/h12-15,19H,10-11H2,1-9H3/t12-,13-,14-,15-/m1/s1. The van der Waals surface area contributed by atoms with Crippen molar-refractivity contribution in [3.8, 4) is 0 Å². The first-order valence-corrected chi connectivity index (χ1v) is 12.0. The Bertz CT molecular complexity index is 471. The number of rotatable bonds is 5. The third-order valence-corrected chi connectivity index (χ3v) is 9.86. The van der Waals surface area contributed by atoms with Crippen molar-refractivity contribution in [1.82, 2.24) is 0 Å². The Morgan fingerprint density at radius 3 is 1.76 bits per heavy atom. The van der Waals surface area contributed by atoms with Crippen LogP contribution in [-0.4, -0.2) is 62.6 Å². The average molecular weight is 377 g/mol. The van der Waals surface area contributed by atoms with Crippen molar-refractivity contribution >= 4 is 8.32 Å². The molecule has 0 amide bonds. The van der Waals surface area contributed by atoms with E-state index in [9.17, 15) is 5.11 Å². The predicted molar refractivity (Wildman–Crippen MR) is 97.9 cm³/mol. The minimum absolute atomic E-state index is 0.121. The highest BCUT2D eigenvalue weighted by Gasteiger charge is 2.54. The maximum atomic E-state index is 9.69. The largest absolute Gasteiger partial charge is 0.414 e. The molecule has 6 nitrogen and oxygen atoms in total. The van der Waals surface area contributed by atoms with E-state index in [1.807, 2.05) is 27.7 Å². The number of hydrogen-bond donors (Lipinski definition) is 1. The Labute approximate surface area is 153 Å². The van der Waals surface area contributed by atoms with Crippen molar-refractivity contribution in [1.29, 1.82) is 0 Å². The molecule has 2 saturated heterocycles. The molecule has 0 spiro atoms. The van der Waals surface area contributed by atoms with Gasteiger partial charge in [-0.05, 0) is 45.8 Å². The number of aliphatic hydroxyl groups is 1. The molecule has 0 radical (unpaired) electrons. The summed E-state index contributed by atoms with van der Waals surface area (Å²) in [6.07, 6.45) is -1.44. The molecule has 7 heteroatoms. The Morgan fingerprint density at radius 2 is 1.32 bits per heavy atom. The SMILES string of the molecule is CC1(C)O[C@@H]([C@@H]2OC(C)(C)O[C@@H]2CO[Si](C)(C)C(C)(C)C)[C@@H](CO)O1. The molecule has 25 heavy (non-hydrogen) atoms. The van der Waals surface area contributed by atoms with Gasteiger partial charge in [-0.3, -0.25) is 0 Å². The molecule has 0 aromatic carbocycles. The van der Waals surface area contributed by atoms with Crippen molar-refractivity contribution in [3.05, 3.63) is 0 Å². The summed E-state index contributed by atoms with van der Waals surface area (Å²) in [7, 11) is -1.90. The van der Waals surface area contributed by atoms with E-state index in [1.165, 1.54) is 0 Å². The average Bonchev–Trinajstić information content (AvgIpc) is 2.90. The van der Waals surface area contributed by atoms with Gasteiger partial charge in [-0.1, -0.05) is 20.8 Å². The molecule has 148 valence electrons. The highest BCUT2D eigenvalue weighted by molar-refractivity contribution is 6.74. The van der Waals surface area contributed by atoms with Gasteiger partial charge in [-0.25, -0.2) is 0 Å². The molecule has 0 aromatic rings. The van der Waals surface area contributed by atoms with Crippen LogP contribution in [0.15, 0.2) is 0 Å². The van der Waals surface area contributed by atoms with E-state index in [0.717, 1.165) is 0 Å². The van der Waals surface area contributed by atoms with E-state index >= 15 is 0 Å². The molecule has 1 N–H and O–H groups in total. The van der Waals surface area contributed by atoms with Gasteiger partial charge in [-0.2, -0.15) is 0 Å². The maximum absolute atomic E-state index is 9.69. The summed E-state index contributed by atoms with van der Waals surface area (Å²) in [4.78, 5) is 0. The molecule has 2 fully saturated rings. The highest BCUT2D eigenvalue weighted by Crippen LogP contribution is 2.40. The molecule has 4 atom stereocenters. The smallest absolute Gasteiger partial charge is 0.192 e. The van der Waals surface area contributed by atoms with Gasteiger partial charge in [0.25, 0.3) is 0 Å². The van der Waals surface area contributed by atoms with E-state index in [1.54, 1.807) is 0 Å². The van der Waals surface area contributed by atoms with Crippen LogP contribution in [0.3, 0.4) is 0 Å². The summed E-state index contributed by atoms with van der Waals surface area (Å²) in [6.45, 7) is 18.9. The van der Waals surface area contributed by atoms with E-state index < -0.39 is 32.1 Å². The molecule has 0 aliphatic carbocycles. The second kappa shape index (κ2) is 6.85. The van der Waals surface area contributed by atoms with Crippen molar-refractivity contribution < 1.29 is 28.5 Å². The van der Waals surface area contributed by atoms with Crippen molar-refractivity contribution in [3.63, 3.8) is 0 Å². The van der Waals surface area contributed by atoms with Crippen LogP contribution in [0.5, 0.6) is 0 Å². The molecule has 2 heterocycles. The van der Waals surface area contributed by atoms with Gasteiger partial charge < -0.3 is 28.5 Å². The molecule has 0 saturated carbocycles. The van der Waals surface area contributed by atoms with Crippen LogP contribution in [-0.2, 0) is 23.4 Å². The summed E-state index contributed by atoms with van der Waals surface area (Å²) in [6, 6.07) is 0. The minimum atomic E-state index is -1.90. The Hall–Kier alpha value is -0.0231. The third-order valence-electron chi connectivity index (χ3n) is 5.36. The zero-order chi connectivity index (χ0) is 19.3. The lowest BCUT2D eigenvalue weighted by molar-refractivity contribution is -0.175. The monoisotopic (exact) mass is 376 g/mol. The van der Waals surface area contributed by atoms with Crippen LogP contribution < -0.4 is 0 Å². The minimum Gasteiger partial charge on any atom is -0.414 e. The fraction of sp³-hybridized carbons (Fsp3) is 1.00. The second-order valence-corrected chi connectivity index (χ2v) is 14.3. The van der Waals surface area contributed by atoms with E-state index in [-0.39, 0.29) is 23.9 Å². The summed E-state index contributed by atoms with van der Waals surface area (Å²) < 4.78 is 30.4. The maximum Gasteiger partial charge on any atom is 0.192 e. The predicted octanol–water partition coefficient (Wildman–Crippen LogP) is 3.04. The van der Waals surface area contributed by atoms with Crippen molar-refractivity contribution in [2.45, 2.75) is 103 Å². The zero-order valence-corrected chi connectivity index (χ0v) is 18.2. The van der Waals surface area contributed by atoms with Crippen LogP contribution in [0.2, 0.25) is 18.1 Å². The third kappa shape index (κ3) is 4.83. The molecule has 2 aliphatic heterocycles. The van der Waals surface area contributed by atoms with Crippen molar-refractivity contribution in [2.24, 2.45) is 0 Å². The lowest BCUT2D eigenvalue weighted by Crippen LogP contribution is -2.48. The van der Waals surface area contributed by atoms with E-state index in [4.69, 9.17) is 23.4 Å². The topological polar surface area (TPSA) is 66.4 Å². The molecule has 0 bridgehead atoms. The van der Waals surface area contributed by atoms with Crippen LogP contribution in [0.4, 0.5) is 0 Å². The molecule has 2 aliphatic rings. The zero-order valence-electron chi connectivity index (χ0n) is 17.2. The van der Waals surface area contributed by atoms with Crippen LogP contribution in [0.1, 0.15) is 48.5 Å². The molecular formula is C18H36O6Si. The fourth-order valence-corrected chi connectivity index (χ4v) is 4.07. The summed E-state index contributed by atoms with van der Waals surface area (Å²) in [5, 5.41) is 9.81. The first-order chi connectivity index (χ1) is 11.2. The lowest BCUT2D eigenvalue weighted by Gasteiger charge is -2.37. The summed E-state index contributed by atoms with van der Waals surface area (Å²) in [5.74, 6) is -1.47. The van der Waals surface area contributed by atoms with Gasteiger partial charge in [-0.15, -0.1) is 0 Å². The van der Waals surface area contributed by atoms with Gasteiger partial charge in [0.15, 0.2) is 19.9 Å². The van der Waals surface area contributed by atoms with Gasteiger partial charge >= 0.3 is 0 Å².